The third-order valence-corrected chi connectivity index (χ3v) is 12.9. The largest absolute Gasteiger partial charge is 0.490 e. The Balaban J connectivity index is 0.000000156. The molecule has 8 heterocycles. The highest BCUT2D eigenvalue weighted by atomic mass is 35.5. The second-order valence-corrected chi connectivity index (χ2v) is 17.4. The molecule has 12 rings (SSSR count). The van der Waals surface area contributed by atoms with Gasteiger partial charge in [0.25, 0.3) is 0 Å². The van der Waals surface area contributed by atoms with E-state index < -0.39 is 0 Å². The van der Waals surface area contributed by atoms with E-state index in [9.17, 15) is 0 Å². The van der Waals surface area contributed by atoms with Crippen LogP contribution < -0.4 is 30.3 Å². The number of benzene rings is 2. The molecule has 19 heteroatoms. The number of nitrogens with zero attached hydrogens (tertiary/aromatic N) is 10. The van der Waals surface area contributed by atoms with Crippen molar-refractivity contribution in [3.05, 3.63) is 91.8 Å². The number of hydrogen-bond acceptors (Lipinski definition) is 18. The normalized spacial score (nSPS) is 21.0. The van der Waals surface area contributed by atoms with E-state index in [0.29, 0.717) is 28.4 Å². The van der Waals surface area contributed by atoms with Gasteiger partial charge in [-0.2, -0.15) is 0 Å². The number of nitrogens with one attached hydrogen (secondary N) is 1. The maximum atomic E-state index is 6.55. The van der Waals surface area contributed by atoms with Gasteiger partial charge in [0.15, 0.2) is 22.1 Å². The molecular weight excluding hydrogens is 876 g/mol. The lowest BCUT2D eigenvalue weighted by atomic mass is 9.93. The molecule has 0 amide bonds. The van der Waals surface area contributed by atoms with Crippen molar-refractivity contribution in [2.75, 3.05) is 67.7 Å². The highest BCUT2D eigenvalue weighted by Gasteiger charge is 2.26. The second-order valence-electron chi connectivity index (χ2n) is 17.0. The molecule has 2 aromatic carbocycles. The van der Waals surface area contributed by atoms with Crippen LogP contribution in [-0.2, 0) is 9.47 Å². The van der Waals surface area contributed by atoms with Crippen molar-refractivity contribution in [1.82, 2.24) is 39.9 Å². The van der Waals surface area contributed by atoms with Gasteiger partial charge in [-0.05, 0) is 63.5 Å². The Hall–Kier alpha value is -6.47. The Morgan fingerprint density at radius 3 is 1.63 bits per heavy atom. The number of ether oxygens (including phenoxy) is 4. The van der Waals surface area contributed by atoms with Gasteiger partial charge in [-0.15, -0.1) is 0 Å². The van der Waals surface area contributed by atoms with Crippen molar-refractivity contribution >= 4 is 72.8 Å². The zero-order valence-electron chi connectivity index (χ0n) is 37.1. The Kier molecular flexibility index (Phi) is 13.9. The first-order chi connectivity index (χ1) is 33.0. The molecule has 4 aliphatic rings. The first-order valence-electron chi connectivity index (χ1n) is 23.0. The lowest BCUT2D eigenvalue weighted by Gasteiger charge is -2.31. The van der Waals surface area contributed by atoms with E-state index >= 15 is 0 Å². The lowest BCUT2D eigenvalue weighted by Crippen LogP contribution is -2.36. The number of hydrogen-bond donors (Lipinski definition) is 2. The summed E-state index contributed by atoms with van der Waals surface area (Å²) >= 11 is 5.65. The highest BCUT2D eigenvalue weighted by Crippen LogP contribution is 2.36. The summed E-state index contributed by atoms with van der Waals surface area (Å²) in [6, 6.07) is 12.7. The van der Waals surface area contributed by atoms with Gasteiger partial charge in [-0.3, -0.25) is 0 Å². The van der Waals surface area contributed by atoms with Crippen LogP contribution in [0.4, 0.5) is 17.2 Å². The van der Waals surface area contributed by atoms with E-state index in [-0.39, 0.29) is 15.1 Å². The number of anilines is 3. The fraction of sp³-hybridized carbons (Fsp3) is 0.417. The Morgan fingerprint density at radius 2 is 1.07 bits per heavy atom. The third-order valence-electron chi connectivity index (χ3n) is 12.7. The van der Waals surface area contributed by atoms with Crippen molar-refractivity contribution in [2.24, 2.45) is 5.73 Å². The van der Waals surface area contributed by atoms with Gasteiger partial charge in [0, 0.05) is 89.1 Å². The molecule has 0 unspecified atom stereocenters. The lowest BCUT2D eigenvalue weighted by molar-refractivity contribution is 0.122. The van der Waals surface area contributed by atoms with Gasteiger partial charge in [0.2, 0.25) is 0 Å². The van der Waals surface area contributed by atoms with E-state index in [1.807, 2.05) is 18.5 Å². The van der Waals surface area contributed by atoms with Crippen LogP contribution in [0.5, 0.6) is 11.5 Å². The average molecular weight is 934 g/mol. The monoisotopic (exact) mass is 932 g/mol. The molecule has 0 spiro atoms. The van der Waals surface area contributed by atoms with Gasteiger partial charge >= 0.3 is 0 Å². The molecule has 4 fully saturated rings. The molecule has 2 aliphatic carbocycles. The summed E-state index contributed by atoms with van der Waals surface area (Å²) in [4.78, 5) is 38.2. The molecule has 352 valence electrons. The SMILES string of the molecule is Clc1ncnc2ccoc12.NC1CCC(Oc2cc(N3CCOCC3)cc3ncncc23)CC1.[HH].[HH].c1ncc2c(OC3CCC(Nc4ncnc5ccoc45)CC3)cc(N3CCOCC3)cc2n1. The first-order valence-corrected chi connectivity index (χ1v) is 23.4. The quantitative estimate of drug-likeness (QED) is 0.137. The number of morpholine rings is 2. The van der Waals surface area contributed by atoms with E-state index in [0.717, 1.165) is 166 Å². The molecule has 67 heavy (non-hydrogen) atoms. The molecule has 3 N–H and O–H groups in total. The van der Waals surface area contributed by atoms with Crippen LogP contribution in [0.3, 0.4) is 0 Å². The molecular formula is C48H57ClN12O6. The predicted molar refractivity (Wildman–Crippen MR) is 259 cm³/mol. The molecule has 0 bridgehead atoms. The van der Waals surface area contributed by atoms with Gasteiger partial charge in [0.1, 0.15) is 47.8 Å². The molecule has 0 radical (unpaired) electrons. The van der Waals surface area contributed by atoms with Crippen molar-refractivity contribution in [2.45, 2.75) is 75.7 Å². The smallest absolute Gasteiger partial charge is 0.194 e. The minimum absolute atomic E-state index is 0. The molecule has 2 saturated heterocycles. The van der Waals surface area contributed by atoms with Crippen LogP contribution in [0.15, 0.2) is 95.5 Å². The fourth-order valence-corrected chi connectivity index (χ4v) is 9.20. The highest BCUT2D eigenvalue weighted by molar-refractivity contribution is 6.33. The third kappa shape index (κ3) is 10.7. The van der Waals surface area contributed by atoms with E-state index in [1.54, 1.807) is 31.3 Å². The summed E-state index contributed by atoms with van der Waals surface area (Å²) in [5, 5.41) is 5.82. The topological polar surface area (TPSA) is 211 Å². The number of rotatable bonds is 8. The molecule has 8 aromatic rings. The standard InChI is InChI=1S/C24H26N6O3.C18H24N4O2.C6H3ClN2O.2H2/c1-3-18(4-2-16(1)29-24-23-20(5-8-32-23)27-15-28-24)33-22-12-17(30-6-9-31-10-7-30)11-21-19(22)13-25-14-26-21;19-13-1-3-15(4-2-13)24-18-10-14(22-5-7-23-8-6-22)9-17-16(18)11-20-12-21-17;7-6-5-4(1-2-10-5)8-3-9-6;;/h5,8,11-16,18H,1-4,6-7,9-10H2,(H,27,28,29);9-13,15H,1-8,19H2;1-3H;2*1H. The summed E-state index contributed by atoms with van der Waals surface area (Å²) in [6.45, 7) is 6.55. The van der Waals surface area contributed by atoms with Crippen LogP contribution in [0.1, 0.15) is 54.2 Å². The molecule has 2 saturated carbocycles. The molecule has 0 atom stereocenters. The van der Waals surface area contributed by atoms with Crippen molar-refractivity contribution in [3.8, 4) is 11.5 Å². The van der Waals surface area contributed by atoms with Gasteiger partial charge in [-0.1, -0.05) is 11.6 Å². The summed E-state index contributed by atoms with van der Waals surface area (Å²) in [7, 11) is 0. The fourth-order valence-electron chi connectivity index (χ4n) is 9.01. The van der Waals surface area contributed by atoms with E-state index in [1.165, 1.54) is 12.6 Å². The van der Waals surface area contributed by atoms with Crippen molar-refractivity contribution in [3.63, 3.8) is 0 Å². The average Bonchev–Trinajstić information content (AvgIpc) is 4.08. The Labute approximate surface area is 394 Å². The minimum Gasteiger partial charge on any atom is -0.490 e. The van der Waals surface area contributed by atoms with Crippen LogP contribution in [0, 0.1) is 0 Å². The van der Waals surface area contributed by atoms with E-state index in [2.05, 4.69) is 79.3 Å². The first kappa shape index (κ1) is 44.4. The van der Waals surface area contributed by atoms with Crippen LogP contribution in [0.25, 0.3) is 44.0 Å². The number of furan rings is 2. The summed E-state index contributed by atoms with van der Waals surface area (Å²) in [5.74, 6) is 2.50. The molecule has 18 nitrogen and oxygen atoms in total. The number of nitrogens with two attached hydrogens (primary N) is 1. The Bertz CT molecular complexity index is 2890. The van der Waals surface area contributed by atoms with Crippen molar-refractivity contribution in [1.29, 1.82) is 0 Å². The molecule has 6 aromatic heterocycles. The predicted octanol–water partition coefficient (Wildman–Crippen LogP) is 8.29. The van der Waals surface area contributed by atoms with Gasteiger partial charge in [0.05, 0.1) is 73.0 Å². The zero-order chi connectivity index (χ0) is 45.4. The summed E-state index contributed by atoms with van der Waals surface area (Å²) in [6.07, 6.45) is 21.4. The number of fused-ring (bicyclic) bond motifs is 4. The maximum absolute atomic E-state index is 6.55. The van der Waals surface area contributed by atoms with Crippen molar-refractivity contribution < 1.29 is 30.6 Å². The summed E-state index contributed by atoms with van der Waals surface area (Å²) in [5.41, 5.74) is 12.9. The van der Waals surface area contributed by atoms with Crippen LogP contribution >= 0.6 is 11.6 Å². The van der Waals surface area contributed by atoms with Gasteiger partial charge in [-0.25, -0.2) is 39.9 Å². The minimum atomic E-state index is 0. The van der Waals surface area contributed by atoms with Gasteiger partial charge < -0.3 is 48.6 Å². The van der Waals surface area contributed by atoms with Crippen LogP contribution in [0.2, 0.25) is 5.15 Å². The van der Waals surface area contributed by atoms with Crippen LogP contribution in [-0.4, -0.2) is 117 Å². The number of halogens is 1. The van der Waals surface area contributed by atoms with E-state index in [4.69, 9.17) is 45.1 Å². The maximum Gasteiger partial charge on any atom is 0.194 e. The summed E-state index contributed by atoms with van der Waals surface area (Å²) < 4.78 is 34.4. The molecule has 2 aliphatic heterocycles. The zero-order valence-corrected chi connectivity index (χ0v) is 37.8. The Morgan fingerprint density at radius 1 is 0.582 bits per heavy atom. The number of aromatic nitrogens is 8. The second kappa shape index (κ2) is 21.0.